The topological polar surface area (TPSA) is 9.23 Å². The van der Waals surface area contributed by atoms with Gasteiger partial charge in [0, 0.05) is 0 Å². The molecule has 0 atom stereocenters. The molecule has 0 saturated carbocycles. The third kappa shape index (κ3) is 2.73. The van der Waals surface area contributed by atoms with Crippen molar-refractivity contribution in [3.63, 3.8) is 0 Å². The van der Waals surface area contributed by atoms with Crippen LogP contribution in [0.15, 0.2) is 36.4 Å². The van der Waals surface area contributed by atoms with Crippen LogP contribution in [-0.2, 0) is 12.8 Å². The molecule has 0 saturated heterocycles. The first-order valence-electron chi connectivity index (χ1n) is 7.68. The summed E-state index contributed by atoms with van der Waals surface area (Å²) in [5, 5.41) is 0. The molecule has 0 fully saturated rings. The van der Waals surface area contributed by atoms with E-state index in [2.05, 4.69) is 56.3 Å². The molecule has 0 amide bonds. The van der Waals surface area contributed by atoms with Crippen LogP contribution in [0.4, 0.5) is 0 Å². The minimum atomic E-state index is 0.947. The van der Waals surface area contributed by atoms with E-state index in [1.165, 1.54) is 33.4 Å². The molecule has 1 aliphatic carbocycles. The second kappa shape index (κ2) is 5.77. The van der Waals surface area contributed by atoms with Gasteiger partial charge in [-0.05, 0) is 66.1 Å². The molecule has 1 heteroatoms. The van der Waals surface area contributed by atoms with Crippen LogP contribution in [0.3, 0.4) is 0 Å². The van der Waals surface area contributed by atoms with Crippen LogP contribution in [0.2, 0.25) is 0 Å². The molecule has 1 nitrogen and oxygen atoms in total. The molecule has 1 aliphatic rings. The van der Waals surface area contributed by atoms with Crippen molar-refractivity contribution in [3.8, 4) is 5.75 Å². The van der Waals surface area contributed by atoms with Crippen molar-refractivity contribution in [2.45, 2.75) is 33.1 Å². The third-order valence-corrected chi connectivity index (χ3v) is 4.33. The number of ether oxygens (including phenoxy) is 1. The Morgan fingerprint density at radius 3 is 2.67 bits per heavy atom. The molecule has 108 valence electrons. The number of fused-ring (bicyclic) bond motifs is 1. The summed E-state index contributed by atoms with van der Waals surface area (Å²) in [6.07, 6.45) is 5.65. The summed E-state index contributed by atoms with van der Waals surface area (Å²) >= 11 is 0. The largest absolute Gasteiger partial charge is 0.497 e. The fraction of sp³-hybridized carbons (Fsp3) is 0.300. The molecule has 0 aliphatic heterocycles. The number of methoxy groups -OCH3 is 1. The van der Waals surface area contributed by atoms with Gasteiger partial charge in [-0.15, -0.1) is 0 Å². The van der Waals surface area contributed by atoms with Crippen LogP contribution in [0.1, 0.15) is 41.2 Å². The van der Waals surface area contributed by atoms with Crippen molar-refractivity contribution in [1.82, 2.24) is 0 Å². The van der Waals surface area contributed by atoms with E-state index in [1.54, 1.807) is 7.11 Å². The molecular formula is C20H22O. The second-order valence-electron chi connectivity index (χ2n) is 5.75. The predicted molar refractivity (Wildman–Crippen MR) is 89.7 cm³/mol. The normalized spacial score (nSPS) is 13.6. The highest BCUT2D eigenvalue weighted by molar-refractivity contribution is 5.85. The molecule has 2 aromatic carbocycles. The molecule has 0 N–H and O–H groups in total. The Labute approximate surface area is 127 Å². The lowest BCUT2D eigenvalue weighted by molar-refractivity contribution is 0.414. The Hall–Kier alpha value is -2.02. The van der Waals surface area contributed by atoms with Crippen LogP contribution in [0, 0.1) is 6.92 Å². The SMILES string of the molecule is CCc1cc(OC)ccc1C1=Cc2ccc(C)cc2CC1. The summed E-state index contributed by atoms with van der Waals surface area (Å²) in [5.74, 6) is 0.947. The van der Waals surface area contributed by atoms with Crippen LogP contribution in [-0.4, -0.2) is 7.11 Å². The van der Waals surface area contributed by atoms with E-state index < -0.39 is 0 Å². The Morgan fingerprint density at radius 2 is 1.90 bits per heavy atom. The smallest absolute Gasteiger partial charge is 0.119 e. The molecule has 2 aromatic rings. The zero-order chi connectivity index (χ0) is 14.8. The second-order valence-corrected chi connectivity index (χ2v) is 5.75. The molecule has 21 heavy (non-hydrogen) atoms. The predicted octanol–water partition coefficient (Wildman–Crippen LogP) is 5.05. The highest BCUT2D eigenvalue weighted by Crippen LogP contribution is 2.33. The Bertz CT molecular complexity index is 695. The molecule has 0 aromatic heterocycles. The van der Waals surface area contributed by atoms with Crippen molar-refractivity contribution < 1.29 is 4.74 Å². The van der Waals surface area contributed by atoms with Crippen molar-refractivity contribution in [3.05, 3.63) is 64.2 Å². The van der Waals surface area contributed by atoms with Crippen LogP contribution < -0.4 is 4.74 Å². The van der Waals surface area contributed by atoms with Gasteiger partial charge in [0.15, 0.2) is 0 Å². The highest BCUT2D eigenvalue weighted by Gasteiger charge is 2.14. The first-order valence-corrected chi connectivity index (χ1v) is 7.68. The first kappa shape index (κ1) is 13.9. The van der Waals surface area contributed by atoms with E-state index >= 15 is 0 Å². The average molecular weight is 278 g/mol. The molecule has 0 unspecified atom stereocenters. The molecule has 0 bridgehead atoms. The number of hydrogen-bond acceptors (Lipinski definition) is 1. The Kier molecular flexibility index (Phi) is 3.83. The maximum Gasteiger partial charge on any atom is 0.119 e. The number of benzene rings is 2. The van der Waals surface area contributed by atoms with Gasteiger partial charge in [0.25, 0.3) is 0 Å². The van der Waals surface area contributed by atoms with E-state index in [4.69, 9.17) is 4.74 Å². The van der Waals surface area contributed by atoms with Gasteiger partial charge in [-0.1, -0.05) is 42.8 Å². The standard InChI is InChI=1S/C20H22O/c1-4-15-13-19(21-3)9-10-20(15)18-8-7-16-11-14(2)5-6-17(16)12-18/h5-6,9-13H,4,7-8H2,1-3H3. The summed E-state index contributed by atoms with van der Waals surface area (Å²) in [5.41, 5.74) is 8.40. The van der Waals surface area contributed by atoms with Crippen LogP contribution in [0.5, 0.6) is 5.75 Å². The van der Waals surface area contributed by atoms with Crippen LogP contribution in [0.25, 0.3) is 11.6 Å². The van der Waals surface area contributed by atoms with E-state index in [9.17, 15) is 0 Å². The lowest BCUT2D eigenvalue weighted by Gasteiger charge is -2.19. The molecular weight excluding hydrogens is 256 g/mol. The van der Waals surface area contributed by atoms with Gasteiger partial charge in [-0.25, -0.2) is 0 Å². The minimum Gasteiger partial charge on any atom is -0.497 e. The van der Waals surface area contributed by atoms with Crippen molar-refractivity contribution in [2.24, 2.45) is 0 Å². The summed E-state index contributed by atoms with van der Waals surface area (Å²) in [4.78, 5) is 0. The number of rotatable bonds is 3. The Morgan fingerprint density at radius 1 is 1.05 bits per heavy atom. The van der Waals surface area contributed by atoms with Crippen molar-refractivity contribution in [2.75, 3.05) is 7.11 Å². The van der Waals surface area contributed by atoms with Gasteiger partial charge in [0.2, 0.25) is 0 Å². The van der Waals surface area contributed by atoms with Crippen molar-refractivity contribution in [1.29, 1.82) is 0 Å². The summed E-state index contributed by atoms with van der Waals surface area (Å²) in [7, 11) is 1.73. The molecule has 0 heterocycles. The average Bonchev–Trinajstić information content (AvgIpc) is 2.53. The Balaban J connectivity index is 2.03. The van der Waals surface area contributed by atoms with Gasteiger partial charge < -0.3 is 4.74 Å². The maximum atomic E-state index is 5.35. The summed E-state index contributed by atoms with van der Waals surface area (Å²) < 4.78 is 5.35. The maximum absolute atomic E-state index is 5.35. The van der Waals surface area contributed by atoms with E-state index in [0.717, 1.165) is 25.0 Å². The van der Waals surface area contributed by atoms with Gasteiger partial charge in [0.1, 0.15) is 5.75 Å². The highest BCUT2D eigenvalue weighted by atomic mass is 16.5. The quantitative estimate of drug-likeness (QED) is 0.763. The monoisotopic (exact) mass is 278 g/mol. The molecule has 3 rings (SSSR count). The fourth-order valence-electron chi connectivity index (χ4n) is 3.14. The number of hydrogen-bond donors (Lipinski definition) is 0. The lowest BCUT2D eigenvalue weighted by Crippen LogP contribution is -2.02. The van der Waals surface area contributed by atoms with Gasteiger partial charge in [0.05, 0.1) is 7.11 Å². The van der Waals surface area contributed by atoms with Gasteiger partial charge in [-0.3, -0.25) is 0 Å². The summed E-state index contributed by atoms with van der Waals surface area (Å²) in [6, 6.07) is 13.2. The molecule has 0 spiro atoms. The third-order valence-electron chi connectivity index (χ3n) is 4.33. The minimum absolute atomic E-state index is 0.947. The van der Waals surface area contributed by atoms with Crippen LogP contribution >= 0.6 is 0 Å². The number of allylic oxidation sites excluding steroid dienone is 1. The fourth-order valence-corrected chi connectivity index (χ4v) is 3.14. The van der Waals surface area contributed by atoms with Gasteiger partial charge in [-0.2, -0.15) is 0 Å². The van der Waals surface area contributed by atoms with Crippen molar-refractivity contribution >= 4 is 11.6 Å². The van der Waals surface area contributed by atoms with E-state index in [1.807, 2.05) is 0 Å². The summed E-state index contributed by atoms with van der Waals surface area (Å²) in [6.45, 7) is 4.37. The molecule has 0 radical (unpaired) electrons. The number of aryl methyl sites for hydroxylation is 3. The zero-order valence-electron chi connectivity index (χ0n) is 13.1. The lowest BCUT2D eigenvalue weighted by atomic mass is 9.86. The first-order chi connectivity index (χ1) is 10.2. The van der Waals surface area contributed by atoms with E-state index in [0.29, 0.717) is 0 Å². The van der Waals surface area contributed by atoms with E-state index in [-0.39, 0.29) is 0 Å². The zero-order valence-corrected chi connectivity index (χ0v) is 13.1. The van der Waals surface area contributed by atoms with Gasteiger partial charge >= 0.3 is 0 Å².